The van der Waals surface area contributed by atoms with Crippen molar-refractivity contribution in [2.75, 3.05) is 34.2 Å². The fourth-order valence-corrected chi connectivity index (χ4v) is 5.66. The first-order valence-corrected chi connectivity index (χ1v) is 11.2. The average molecular weight is 469 g/mol. The van der Waals surface area contributed by atoms with Gasteiger partial charge in [0.15, 0.2) is 17.2 Å². The van der Waals surface area contributed by atoms with Crippen molar-refractivity contribution in [3.05, 3.63) is 58.1 Å². The summed E-state index contributed by atoms with van der Waals surface area (Å²) in [5.41, 5.74) is -0.0494. The fourth-order valence-electron chi connectivity index (χ4n) is 4.30. The number of thioether (sulfide) groups is 1. The van der Waals surface area contributed by atoms with Gasteiger partial charge < -0.3 is 24.1 Å². The molecule has 9 heteroatoms. The highest BCUT2D eigenvalue weighted by molar-refractivity contribution is 8.03. The number of carbonyl (C=O) groups excluding carboxylic acids is 1. The molecule has 0 radical (unpaired) electrons. The summed E-state index contributed by atoms with van der Waals surface area (Å²) in [6, 6.07) is 12.6. The predicted octanol–water partition coefficient (Wildman–Crippen LogP) is 3.36. The molecule has 0 saturated carbocycles. The van der Waals surface area contributed by atoms with E-state index in [0.717, 1.165) is 0 Å². The number of amides is 1. The largest absolute Gasteiger partial charge is 0.497 e. The summed E-state index contributed by atoms with van der Waals surface area (Å²) < 4.78 is 21.5. The molecule has 2 aromatic carbocycles. The molecule has 2 aromatic rings. The van der Waals surface area contributed by atoms with Crippen molar-refractivity contribution < 1.29 is 28.8 Å². The Hall–Kier alpha value is -3.35. The van der Waals surface area contributed by atoms with Gasteiger partial charge in [0.1, 0.15) is 11.5 Å². The summed E-state index contributed by atoms with van der Waals surface area (Å²) in [6.45, 7) is 0. The summed E-state index contributed by atoms with van der Waals surface area (Å²) in [6.07, 6.45) is 0.00603. The summed E-state index contributed by atoms with van der Waals surface area (Å²) in [4.78, 5) is 14.8. The van der Waals surface area contributed by atoms with E-state index in [-0.39, 0.29) is 18.1 Å². The first-order chi connectivity index (χ1) is 15.9. The second-order valence-electron chi connectivity index (χ2n) is 7.60. The molecule has 2 aliphatic rings. The van der Waals surface area contributed by atoms with Crippen molar-refractivity contribution in [3.8, 4) is 29.1 Å². The van der Waals surface area contributed by atoms with Gasteiger partial charge in [-0.1, -0.05) is 6.07 Å². The summed E-state index contributed by atoms with van der Waals surface area (Å²) in [5.74, 6) is 1.49. The molecule has 33 heavy (non-hydrogen) atoms. The maximum absolute atomic E-state index is 13.4. The van der Waals surface area contributed by atoms with Crippen LogP contribution in [0.1, 0.15) is 23.5 Å². The third kappa shape index (κ3) is 3.65. The lowest BCUT2D eigenvalue weighted by atomic mass is 9.84. The summed E-state index contributed by atoms with van der Waals surface area (Å²) in [7, 11) is 6.13. The molecule has 1 N–H and O–H groups in total. The van der Waals surface area contributed by atoms with Crippen molar-refractivity contribution in [3.63, 3.8) is 0 Å². The summed E-state index contributed by atoms with van der Waals surface area (Å²) >= 11 is 1.28. The SMILES string of the molecule is COc1ccc(OC)c([C@@H]2CC(=O)N3C(=C2C#N)SC[C@]3(O)c2ccc(OC)c(OC)c2)c1. The molecule has 172 valence electrons. The zero-order valence-corrected chi connectivity index (χ0v) is 19.6. The molecule has 0 unspecified atom stereocenters. The standard InChI is InChI=1S/C24H24N2O6S/c1-29-15-6-8-19(30-2)17(10-15)16-11-22(27)26-23(18(16)12-25)33-13-24(26,28)14-5-7-20(31-3)21(9-14)32-4/h5-10,16,28H,11,13H2,1-4H3/t16-,24-/m0/s1. The number of hydrogen-bond acceptors (Lipinski definition) is 8. The Morgan fingerprint density at radius 1 is 1.03 bits per heavy atom. The number of carbonyl (C=O) groups is 1. The van der Waals surface area contributed by atoms with Crippen LogP contribution in [0, 0.1) is 11.3 Å². The van der Waals surface area contributed by atoms with E-state index in [4.69, 9.17) is 18.9 Å². The highest BCUT2D eigenvalue weighted by Gasteiger charge is 2.52. The van der Waals surface area contributed by atoms with Crippen molar-refractivity contribution in [2.24, 2.45) is 0 Å². The molecule has 2 heterocycles. The molecule has 0 bridgehead atoms. The van der Waals surface area contributed by atoms with Gasteiger partial charge in [-0.25, -0.2) is 0 Å². The minimum atomic E-state index is -1.62. The Morgan fingerprint density at radius 2 is 1.73 bits per heavy atom. The van der Waals surface area contributed by atoms with Crippen LogP contribution in [0.4, 0.5) is 0 Å². The van der Waals surface area contributed by atoms with Gasteiger partial charge in [0.25, 0.3) is 0 Å². The third-order valence-corrected chi connectivity index (χ3v) is 7.19. The van der Waals surface area contributed by atoms with Crippen molar-refractivity contribution >= 4 is 17.7 Å². The molecule has 1 amide bonds. The van der Waals surface area contributed by atoms with Crippen LogP contribution in [0.15, 0.2) is 47.0 Å². The molecular weight excluding hydrogens is 444 g/mol. The first-order valence-electron chi connectivity index (χ1n) is 10.2. The molecule has 4 rings (SSSR count). The number of rotatable bonds is 6. The Bertz CT molecular complexity index is 1170. The van der Waals surface area contributed by atoms with E-state index in [2.05, 4.69) is 6.07 Å². The normalized spacial score (nSPS) is 22.0. The number of benzene rings is 2. The van der Waals surface area contributed by atoms with E-state index >= 15 is 0 Å². The quantitative estimate of drug-likeness (QED) is 0.689. The van der Waals surface area contributed by atoms with E-state index in [1.54, 1.807) is 50.6 Å². The molecule has 0 spiro atoms. The van der Waals surface area contributed by atoms with Crippen molar-refractivity contribution in [2.45, 2.75) is 18.1 Å². The number of aliphatic hydroxyl groups is 1. The van der Waals surface area contributed by atoms with Crippen LogP contribution in [0.3, 0.4) is 0 Å². The smallest absolute Gasteiger partial charge is 0.231 e. The first kappa shape index (κ1) is 22.8. The van der Waals surface area contributed by atoms with Gasteiger partial charge in [0.2, 0.25) is 5.91 Å². The lowest BCUT2D eigenvalue weighted by Crippen LogP contribution is -2.48. The molecule has 2 aliphatic heterocycles. The van der Waals surface area contributed by atoms with Gasteiger partial charge in [-0.05, 0) is 30.3 Å². The topological polar surface area (TPSA) is 101 Å². The zero-order valence-electron chi connectivity index (χ0n) is 18.7. The number of nitriles is 1. The van der Waals surface area contributed by atoms with Crippen molar-refractivity contribution in [1.82, 2.24) is 4.90 Å². The molecule has 8 nitrogen and oxygen atoms in total. The highest BCUT2D eigenvalue weighted by Crippen LogP contribution is 2.53. The number of allylic oxidation sites excluding steroid dienone is 1. The Kier molecular flexibility index (Phi) is 6.15. The molecule has 1 fully saturated rings. The molecule has 0 aromatic heterocycles. The van der Waals surface area contributed by atoms with Crippen LogP contribution in [0.25, 0.3) is 0 Å². The third-order valence-electron chi connectivity index (χ3n) is 5.97. The monoisotopic (exact) mass is 468 g/mol. The number of ether oxygens (including phenoxy) is 4. The van der Waals surface area contributed by atoms with E-state index in [0.29, 0.717) is 44.7 Å². The fraction of sp³-hybridized carbons (Fsp3) is 0.333. The molecule has 0 aliphatic carbocycles. The van der Waals surface area contributed by atoms with E-state index in [1.165, 1.54) is 30.9 Å². The number of methoxy groups -OCH3 is 4. The van der Waals surface area contributed by atoms with E-state index < -0.39 is 11.6 Å². The van der Waals surface area contributed by atoms with Gasteiger partial charge in [0.05, 0.1) is 50.9 Å². The van der Waals surface area contributed by atoms with Crippen LogP contribution in [-0.2, 0) is 10.5 Å². The van der Waals surface area contributed by atoms with Crippen LogP contribution in [0.5, 0.6) is 23.0 Å². The van der Waals surface area contributed by atoms with Crippen LogP contribution in [-0.4, -0.2) is 50.1 Å². The second kappa shape index (κ2) is 8.89. The lowest BCUT2D eigenvalue weighted by molar-refractivity contribution is -0.149. The maximum Gasteiger partial charge on any atom is 0.231 e. The predicted molar refractivity (Wildman–Crippen MR) is 122 cm³/mol. The summed E-state index contributed by atoms with van der Waals surface area (Å²) in [5, 5.41) is 22.2. The maximum atomic E-state index is 13.4. The minimum Gasteiger partial charge on any atom is -0.497 e. The van der Waals surface area contributed by atoms with Crippen molar-refractivity contribution in [1.29, 1.82) is 5.26 Å². The van der Waals surface area contributed by atoms with Crippen LogP contribution in [0.2, 0.25) is 0 Å². The molecule has 1 saturated heterocycles. The second-order valence-corrected chi connectivity index (χ2v) is 8.56. The van der Waals surface area contributed by atoms with E-state index in [1.807, 2.05) is 0 Å². The molecule has 2 atom stereocenters. The Labute approximate surface area is 196 Å². The zero-order chi connectivity index (χ0) is 23.8. The average Bonchev–Trinajstić information content (AvgIpc) is 3.21. The molecular formula is C24H24N2O6S. The number of hydrogen-bond donors (Lipinski definition) is 1. The van der Waals surface area contributed by atoms with Gasteiger partial charge in [-0.2, -0.15) is 5.26 Å². The van der Waals surface area contributed by atoms with Crippen LogP contribution < -0.4 is 18.9 Å². The highest BCUT2D eigenvalue weighted by atomic mass is 32.2. The van der Waals surface area contributed by atoms with Crippen LogP contribution >= 0.6 is 11.8 Å². The van der Waals surface area contributed by atoms with Gasteiger partial charge in [-0.15, -0.1) is 11.8 Å². The number of nitrogens with zero attached hydrogens (tertiary/aromatic N) is 2. The minimum absolute atomic E-state index is 0.00603. The number of fused-ring (bicyclic) bond motifs is 1. The Balaban J connectivity index is 1.82. The Morgan fingerprint density at radius 3 is 2.36 bits per heavy atom. The van der Waals surface area contributed by atoms with Gasteiger partial charge in [0, 0.05) is 23.5 Å². The van der Waals surface area contributed by atoms with E-state index in [9.17, 15) is 15.2 Å². The van der Waals surface area contributed by atoms with Gasteiger partial charge in [-0.3, -0.25) is 9.69 Å². The van der Waals surface area contributed by atoms with Gasteiger partial charge >= 0.3 is 0 Å². The lowest BCUT2D eigenvalue weighted by Gasteiger charge is -2.38.